The number of nitrogens with one attached hydrogen (secondary N) is 1. The molecule has 1 aliphatic heterocycles. The van der Waals surface area contributed by atoms with Crippen LogP contribution in [0, 0.1) is 5.92 Å². The first-order chi connectivity index (χ1) is 11.9. The van der Waals surface area contributed by atoms with E-state index in [0.717, 1.165) is 24.2 Å². The van der Waals surface area contributed by atoms with Crippen LogP contribution in [0.15, 0.2) is 24.3 Å². The largest absolute Gasteiger partial charge is 0.496 e. The zero-order chi connectivity index (χ0) is 18.4. The second kappa shape index (κ2) is 8.85. The van der Waals surface area contributed by atoms with Gasteiger partial charge in [-0.15, -0.1) is 0 Å². The van der Waals surface area contributed by atoms with E-state index < -0.39 is 6.04 Å². The Kier molecular flexibility index (Phi) is 6.82. The van der Waals surface area contributed by atoms with E-state index >= 15 is 0 Å². The molecule has 0 radical (unpaired) electrons. The molecule has 6 heteroatoms. The second-order valence-electron chi connectivity index (χ2n) is 6.92. The molecule has 25 heavy (non-hydrogen) atoms. The lowest BCUT2D eigenvalue weighted by atomic mass is 10.0. The number of amides is 2. The Bertz CT molecular complexity index is 595. The summed E-state index contributed by atoms with van der Waals surface area (Å²) in [4.78, 5) is 26.4. The molecule has 0 saturated carbocycles. The first-order valence-corrected chi connectivity index (χ1v) is 8.88. The summed E-state index contributed by atoms with van der Waals surface area (Å²) < 4.78 is 5.31. The summed E-state index contributed by atoms with van der Waals surface area (Å²) in [6.45, 7) is 5.17. The quantitative estimate of drug-likeness (QED) is 0.813. The van der Waals surface area contributed by atoms with Crippen molar-refractivity contribution in [2.75, 3.05) is 20.2 Å². The summed E-state index contributed by atoms with van der Waals surface area (Å²) in [6, 6.07) is 7.19. The van der Waals surface area contributed by atoms with Gasteiger partial charge < -0.3 is 20.7 Å². The number of ether oxygens (including phenoxy) is 1. The standard InChI is InChI=1S/C19H29N3O3/c1-13(2)18(20)19(24)21-15-8-10-22(11-9-15)17(23)12-14-6-4-5-7-16(14)25-3/h4-7,13,15,18H,8-12,20H2,1-3H3,(H,21,24)/t18-/m0/s1. The first-order valence-electron chi connectivity index (χ1n) is 8.88. The molecule has 0 aliphatic carbocycles. The predicted octanol–water partition coefficient (Wildman–Crippen LogP) is 1.33. The Hall–Kier alpha value is -2.08. The van der Waals surface area contributed by atoms with Gasteiger partial charge in [-0.05, 0) is 24.8 Å². The van der Waals surface area contributed by atoms with Crippen LogP contribution in [0.4, 0.5) is 0 Å². The van der Waals surface area contributed by atoms with Gasteiger partial charge >= 0.3 is 0 Å². The molecule has 138 valence electrons. The average molecular weight is 347 g/mol. The van der Waals surface area contributed by atoms with Crippen LogP contribution in [0.3, 0.4) is 0 Å². The van der Waals surface area contributed by atoms with Gasteiger partial charge in [0.15, 0.2) is 0 Å². The maximum absolute atomic E-state index is 12.5. The minimum atomic E-state index is -0.481. The minimum Gasteiger partial charge on any atom is -0.496 e. The highest BCUT2D eigenvalue weighted by atomic mass is 16.5. The van der Waals surface area contributed by atoms with Gasteiger partial charge in [-0.2, -0.15) is 0 Å². The maximum Gasteiger partial charge on any atom is 0.237 e. The number of benzene rings is 1. The van der Waals surface area contributed by atoms with Gasteiger partial charge in [0.25, 0.3) is 0 Å². The van der Waals surface area contributed by atoms with Crippen molar-refractivity contribution < 1.29 is 14.3 Å². The minimum absolute atomic E-state index is 0.0904. The topological polar surface area (TPSA) is 84.7 Å². The molecule has 6 nitrogen and oxygen atoms in total. The van der Waals surface area contributed by atoms with E-state index in [9.17, 15) is 9.59 Å². The summed E-state index contributed by atoms with van der Waals surface area (Å²) in [5, 5.41) is 3.01. The van der Waals surface area contributed by atoms with Crippen molar-refractivity contribution in [3.63, 3.8) is 0 Å². The van der Waals surface area contributed by atoms with Crippen LogP contribution in [0.1, 0.15) is 32.3 Å². The number of para-hydroxylation sites is 1. The fraction of sp³-hybridized carbons (Fsp3) is 0.579. The summed E-state index contributed by atoms with van der Waals surface area (Å²) in [7, 11) is 1.61. The monoisotopic (exact) mass is 347 g/mol. The van der Waals surface area contributed by atoms with Crippen molar-refractivity contribution in [2.24, 2.45) is 11.7 Å². The predicted molar refractivity (Wildman–Crippen MR) is 97.3 cm³/mol. The highest BCUT2D eigenvalue weighted by molar-refractivity contribution is 5.82. The van der Waals surface area contributed by atoms with Crippen molar-refractivity contribution in [1.29, 1.82) is 0 Å². The molecule has 1 aliphatic rings. The van der Waals surface area contributed by atoms with Crippen LogP contribution in [-0.2, 0) is 16.0 Å². The van der Waals surface area contributed by atoms with Gasteiger partial charge in [-0.3, -0.25) is 9.59 Å². The van der Waals surface area contributed by atoms with E-state index in [1.807, 2.05) is 43.0 Å². The molecule has 1 fully saturated rings. The third kappa shape index (κ3) is 5.19. The van der Waals surface area contributed by atoms with Gasteiger partial charge in [-0.25, -0.2) is 0 Å². The number of nitrogens with zero attached hydrogens (tertiary/aromatic N) is 1. The molecule has 1 saturated heterocycles. The summed E-state index contributed by atoms with van der Waals surface area (Å²) in [5.41, 5.74) is 6.77. The number of carbonyl (C=O) groups excluding carboxylic acids is 2. The summed E-state index contributed by atoms with van der Waals surface area (Å²) >= 11 is 0. The molecule has 1 aromatic rings. The number of hydrogen-bond donors (Lipinski definition) is 2. The van der Waals surface area contributed by atoms with Crippen LogP contribution in [0.2, 0.25) is 0 Å². The fourth-order valence-corrected chi connectivity index (χ4v) is 3.00. The Morgan fingerprint density at radius 3 is 2.52 bits per heavy atom. The maximum atomic E-state index is 12.5. The van der Waals surface area contributed by atoms with E-state index in [2.05, 4.69) is 5.32 Å². The number of rotatable bonds is 6. The highest BCUT2D eigenvalue weighted by Crippen LogP contribution is 2.20. The number of piperidine rings is 1. The zero-order valence-electron chi connectivity index (χ0n) is 15.3. The smallest absolute Gasteiger partial charge is 0.237 e. The van der Waals surface area contributed by atoms with E-state index in [4.69, 9.17) is 10.5 Å². The third-order valence-electron chi connectivity index (χ3n) is 4.75. The number of carbonyl (C=O) groups is 2. The number of likely N-dealkylation sites (tertiary alicyclic amines) is 1. The van der Waals surface area contributed by atoms with Gasteiger partial charge in [-0.1, -0.05) is 32.0 Å². The second-order valence-corrected chi connectivity index (χ2v) is 6.92. The lowest BCUT2D eigenvalue weighted by Gasteiger charge is -2.33. The molecule has 2 rings (SSSR count). The first kappa shape index (κ1) is 19.2. The normalized spacial score (nSPS) is 16.6. The fourth-order valence-electron chi connectivity index (χ4n) is 3.00. The molecular formula is C19H29N3O3. The van der Waals surface area contributed by atoms with Crippen LogP contribution in [0.5, 0.6) is 5.75 Å². The highest BCUT2D eigenvalue weighted by Gasteiger charge is 2.26. The molecule has 3 N–H and O–H groups in total. The molecule has 1 heterocycles. The van der Waals surface area contributed by atoms with Crippen LogP contribution in [0.25, 0.3) is 0 Å². The average Bonchev–Trinajstić information content (AvgIpc) is 2.61. The number of nitrogens with two attached hydrogens (primary N) is 1. The number of hydrogen-bond acceptors (Lipinski definition) is 4. The molecule has 0 aromatic heterocycles. The zero-order valence-corrected chi connectivity index (χ0v) is 15.3. The van der Waals surface area contributed by atoms with Gasteiger partial charge in [0.05, 0.1) is 19.6 Å². The molecule has 0 bridgehead atoms. The lowest BCUT2D eigenvalue weighted by molar-refractivity contribution is -0.131. The summed E-state index contributed by atoms with van der Waals surface area (Å²) in [6.07, 6.45) is 1.85. The van der Waals surface area contributed by atoms with E-state index in [-0.39, 0.29) is 23.8 Å². The van der Waals surface area contributed by atoms with Crippen molar-refractivity contribution in [3.8, 4) is 5.75 Å². The Labute approximate surface area is 149 Å². The molecule has 0 spiro atoms. The Balaban J connectivity index is 1.83. The molecule has 1 atom stereocenters. The molecule has 0 unspecified atom stereocenters. The van der Waals surface area contributed by atoms with Crippen molar-refractivity contribution in [3.05, 3.63) is 29.8 Å². The van der Waals surface area contributed by atoms with Crippen molar-refractivity contribution in [1.82, 2.24) is 10.2 Å². The third-order valence-corrected chi connectivity index (χ3v) is 4.75. The molecule has 2 amide bonds. The Morgan fingerprint density at radius 2 is 1.92 bits per heavy atom. The van der Waals surface area contributed by atoms with Crippen LogP contribution >= 0.6 is 0 Å². The van der Waals surface area contributed by atoms with E-state index in [0.29, 0.717) is 19.5 Å². The van der Waals surface area contributed by atoms with Gasteiger partial charge in [0.2, 0.25) is 11.8 Å². The SMILES string of the molecule is COc1ccccc1CC(=O)N1CCC(NC(=O)[C@@H](N)C(C)C)CC1. The van der Waals surface area contributed by atoms with E-state index in [1.165, 1.54) is 0 Å². The number of methoxy groups -OCH3 is 1. The van der Waals surface area contributed by atoms with Gasteiger partial charge in [0, 0.05) is 24.7 Å². The molecule has 1 aromatic carbocycles. The summed E-state index contributed by atoms with van der Waals surface area (Å²) in [5.74, 6) is 0.838. The Morgan fingerprint density at radius 1 is 1.28 bits per heavy atom. The van der Waals surface area contributed by atoms with Crippen LogP contribution < -0.4 is 15.8 Å². The van der Waals surface area contributed by atoms with E-state index in [1.54, 1.807) is 7.11 Å². The van der Waals surface area contributed by atoms with Crippen LogP contribution in [-0.4, -0.2) is 49.0 Å². The van der Waals surface area contributed by atoms with Crippen molar-refractivity contribution in [2.45, 2.75) is 45.2 Å². The van der Waals surface area contributed by atoms with Crippen molar-refractivity contribution >= 4 is 11.8 Å². The molecular weight excluding hydrogens is 318 g/mol. The van der Waals surface area contributed by atoms with Gasteiger partial charge in [0.1, 0.15) is 5.75 Å². The lowest BCUT2D eigenvalue weighted by Crippen LogP contribution is -2.52.